The van der Waals surface area contributed by atoms with Crippen LogP contribution >= 0.6 is 0 Å². The number of benzene rings is 2. The minimum Gasteiger partial charge on any atom is -0.395 e. The fourth-order valence-electron chi connectivity index (χ4n) is 3.14. The minimum absolute atomic E-state index is 0.0437. The zero-order chi connectivity index (χ0) is 21.0. The molecule has 1 amide bonds. The molecule has 0 aliphatic rings. The molecule has 0 saturated heterocycles. The van der Waals surface area contributed by atoms with Crippen LogP contribution in [0.2, 0.25) is 0 Å². The monoisotopic (exact) mass is 400 g/mol. The van der Waals surface area contributed by atoms with Crippen LogP contribution in [0.1, 0.15) is 12.0 Å². The predicted octanol–water partition coefficient (Wildman–Crippen LogP) is 3.54. The van der Waals surface area contributed by atoms with Crippen LogP contribution in [0.3, 0.4) is 0 Å². The van der Waals surface area contributed by atoms with E-state index in [1.807, 2.05) is 0 Å². The Hall–Kier alpha value is -3.24. The molecule has 4 nitrogen and oxygen atoms in total. The standard InChI is InChI=1S/C22H19F3N2O2/c1-2-13(12-28)11-26-20(29)8-7-17-18-9-16(24)10-19(25)22(18)27-21(17)14-3-5-15(23)6-4-14/h1,3-6,9-10,13,27-28H,7-8,11-12H2,(H,26,29). The number of terminal acetylenes is 1. The van der Waals surface area contributed by atoms with Crippen molar-refractivity contribution in [1.29, 1.82) is 0 Å². The van der Waals surface area contributed by atoms with Gasteiger partial charge in [0.2, 0.25) is 5.91 Å². The smallest absolute Gasteiger partial charge is 0.220 e. The van der Waals surface area contributed by atoms with Crippen molar-refractivity contribution in [2.45, 2.75) is 12.8 Å². The van der Waals surface area contributed by atoms with Gasteiger partial charge in [0, 0.05) is 30.1 Å². The van der Waals surface area contributed by atoms with Gasteiger partial charge in [0.15, 0.2) is 0 Å². The molecule has 0 spiro atoms. The van der Waals surface area contributed by atoms with E-state index in [1.54, 1.807) is 0 Å². The first-order valence-electron chi connectivity index (χ1n) is 9.02. The fourth-order valence-corrected chi connectivity index (χ4v) is 3.14. The summed E-state index contributed by atoms with van der Waals surface area (Å²) in [4.78, 5) is 15.1. The van der Waals surface area contributed by atoms with E-state index in [9.17, 15) is 18.0 Å². The summed E-state index contributed by atoms with van der Waals surface area (Å²) in [7, 11) is 0. The number of aryl methyl sites for hydroxylation is 1. The number of hydrogen-bond acceptors (Lipinski definition) is 2. The van der Waals surface area contributed by atoms with E-state index in [-0.39, 0.29) is 37.4 Å². The zero-order valence-corrected chi connectivity index (χ0v) is 15.4. The quantitative estimate of drug-likeness (QED) is 0.531. The second kappa shape index (κ2) is 8.84. The second-order valence-corrected chi connectivity index (χ2v) is 6.65. The highest BCUT2D eigenvalue weighted by Gasteiger charge is 2.18. The van der Waals surface area contributed by atoms with Gasteiger partial charge in [0.1, 0.15) is 17.5 Å². The Morgan fingerprint density at radius 3 is 2.55 bits per heavy atom. The largest absolute Gasteiger partial charge is 0.395 e. The number of amides is 1. The van der Waals surface area contributed by atoms with Crippen molar-refractivity contribution >= 4 is 16.8 Å². The van der Waals surface area contributed by atoms with Crippen LogP contribution in [0.5, 0.6) is 0 Å². The molecule has 2 aromatic carbocycles. The molecule has 7 heteroatoms. The summed E-state index contributed by atoms with van der Waals surface area (Å²) < 4.78 is 41.3. The molecule has 0 radical (unpaired) electrons. The number of aliphatic hydroxyl groups is 1. The van der Waals surface area contributed by atoms with E-state index in [0.29, 0.717) is 22.2 Å². The Kier molecular flexibility index (Phi) is 6.25. The molecule has 0 bridgehead atoms. The highest BCUT2D eigenvalue weighted by molar-refractivity contribution is 5.92. The van der Waals surface area contributed by atoms with Gasteiger partial charge in [-0.3, -0.25) is 4.79 Å². The lowest BCUT2D eigenvalue weighted by Crippen LogP contribution is -2.30. The maximum Gasteiger partial charge on any atom is 0.220 e. The van der Waals surface area contributed by atoms with Gasteiger partial charge in [-0.05, 0) is 47.9 Å². The van der Waals surface area contributed by atoms with E-state index in [2.05, 4.69) is 16.2 Å². The van der Waals surface area contributed by atoms with Gasteiger partial charge in [0.25, 0.3) is 0 Å². The third-order valence-electron chi connectivity index (χ3n) is 4.67. The number of aromatic nitrogens is 1. The zero-order valence-electron chi connectivity index (χ0n) is 15.4. The Labute approximate surface area is 165 Å². The average Bonchev–Trinajstić information content (AvgIpc) is 3.06. The molecule has 0 saturated carbocycles. The molecule has 3 rings (SSSR count). The summed E-state index contributed by atoms with van der Waals surface area (Å²) in [6, 6.07) is 7.56. The summed E-state index contributed by atoms with van der Waals surface area (Å²) >= 11 is 0. The van der Waals surface area contributed by atoms with Gasteiger partial charge in [-0.15, -0.1) is 6.42 Å². The Morgan fingerprint density at radius 2 is 1.90 bits per heavy atom. The highest BCUT2D eigenvalue weighted by Crippen LogP contribution is 2.33. The lowest BCUT2D eigenvalue weighted by molar-refractivity contribution is -0.121. The normalized spacial score (nSPS) is 12.0. The van der Waals surface area contributed by atoms with Gasteiger partial charge >= 0.3 is 0 Å². The molecule has 1 aromatic heterocycles. The van der Waals surface area contributed by atoms with Crippen molar-refractivity contribution in [3.05, 3.63) is 59.4 Å². The van der Waals surface area contributed by atoms with Crippen LogP contribution in [0.25, 0.3) is 22.2 Å². The van der Waals surface area contributed by atoms with Crippen LogP contribution in [-0.4, -0.2) is 29.1 Å². The van der Waals surface area contributed by atoms with E-state index in [0.717, 1.165) is 6.07 Å². The SMILES string of the molecule is C#CC(CO)CNC(=O)CCc1c(-c2ccc(F)cc2)[nH]c2c(F)cc(F)cc12. The number of rotatable bonds is 7. The number of carbonyl (C=O) groups is 1. The first-order valence-corrected chi connectivity index (χ1v) is 9.02. The number of carbonyl (C=O) groups excluding carboxylic acids is 1. The fraction of sp³-hybridized carbons (Fsp3) is 0.227. The summed E-state index contributed by atoms with van der Waals surface area (Å²) in [5.74, 6) is -0.331. The van der Waals surface area contributed by atoms with Crippen molar-refractivity contribution in [3.8, 4) is 23.6 Å². The number of H-pyrrole nitrogens is 1. The van der Waals surface area contributed by atoms with Crippen molar-refractivity contribution in [2.75, 3.05) is 13.2 Å². The van der Waals surface area contributed by atoms with Crippen molar-refractivity contribution in [3.63, 3.8) is 0 Å². The highest BCUT2D eigenvalue weighted by atomic mass is 19.1. The topological polar surface area (TPSA) is 65.1 Å². The molecule has 0 fully saturated rings. The summed E-state index contributed by atoms with van der Waals surface area (Å²) in [6.45, 7) is -0.111. The number of halogens is 3. The minimum atomic E-state index is -0.751. The van der Waals surface area contributed by atoms with Gasteiger partial charge in [-0.25, -0.2) is 13.2 Å². The number of nitrogens with one attached hydrogen (secondary N) is 2. The van der Waals surface area contributed by atoms with Crippen LogP contribution < -0.4 is 5.32 Å². The molecule has 0 aliphatic carbocycles. The van der Waals surface area contributed by atoms with E-state index < -0.39 is 23.4 Å². The first-order chi connectivity index (χ1) is 13.9. The first kappa shape index (κ1) is 20.5. The summed E-state index contributed by atoms with van der Waals surface area (Å²) in [6.07, 6.45) is 5.48. The van der Waals surface area contributed by atoms with E-state index >= 15 is 0 Å². The molecule has 0 aliphatic heterocycles. The molecule has 3 N–H and O–H groups in total. The lowest BCUT2D eigenvalue weighted by atomic mass is 10.0. The van der Waals surface area contributed by atoms with Gasteiger partial charge in [-0.2, -0.15) is 0 Å². The van der Waals surface area contributed by atoms with Crippen LogP contribution in [0.15, 0.2) is 36.4 Å². The molecule has 1 heterocycles. The Bertz CT molecular complexity index is 1070. The maximum absolute atomic E-state index is 14.3. The van der Waals surface area contributed by atoms with Gasteiger partial charge < -0.3 is 15.4 Å². The van der Waals surface area contributed by atoms with Crippen LogP contribution in [-0.2, 0) is 11.2 Å². The third-order valence-corrected chi connectivity index (χ3v) is 4.67. The second-order valence-electron chi connectivity index (χ2n) is 6.65. The van der Waals surface area contributed by atoms with Gasteiger partial charge in [0.05, 0.1) is 18.0 Å². The van der Waals surface area contributed by atoms with E-state index in [4.69, 9.17) is 11.5 Å². The Balaban J connectivity index is 1.90. The number of aliphatic hydroxyl groups excluding tert-OH is 1. The van der Waals surface area contributed by atoms with Crippen molar-refractivity contribution < 1.29 is 23.1 Å². The molecule has 1 atom stereocenters. The molecule has 1 unspecified atom stereocenters. The third kappa shape index (κ3) is 4.61. The molecular formula is C22H19F3N2O2. The lowest BCUT2D eigenvalue weighted by Gasteiger charge is -2.10. The number of fused-ring (bicyclic) bond motifs is 1. The number of aromatic amines is 1. The van der Waals surface area contributed by atoms with Crippen molar-refractivity contribution in [1.82, 2.24) is 10.3 Å². The van der Waals surface area contributed by atoms with Crippen LogP contribution in [0, 0.1) is 35.7 Å². The predicted molar refractivity (Wildman–Crippen MR) is 104 cm³/mol. The van der Waals surface area contributed by atoms with Crippen LogP contribution in [0.4, 0.5) is 13.2 Å². The Morgan fingerprint density at radius 1 is 1.17 bits per heavy atom. The molecule has 150 valence electrons. The van der Waals surface area contributed by atoms with Gasteiger partial charge in [-0.1, -0.05) is 5.92 Å². The number of hydrogen-bond donors (Lipinski definition) is 3. The molecule has 3 aromatic rings. The summed E-state index contributed by atoms with van der Waals surface area (Å²) in [5, 5.41) is 12.0. The maximum atomic E-state index is 14.3. The molecule has 29 heavy (non-hydrogen) atoms. The summed E-state index contributed by atoms with van der Waals surface area (Å²) in [5.41, 5.74) is 1.75. The average molecular weight is 400 g/mol. The van der Waals surface area contributed by atoms with E-state index in [1.165, 1.54) is 30.3 Å². The van der Waals surface area contributed by atoms with Crippen molar-refractivity contribution in [2.24, 2.45) is 5.92 Å². The molecular weight excluding hydrogens is 381 g/mol.